The van der Waals surface area contributed by atoms with E-state index < -0.39 is 35.5 Å². The van der Waals surface area contributed by atoms with Gasteiger partial charge in [0.1, 0.15) is 33.4 Å². The van der Waals surface area contributed by atoms with Gasteiger partial charge in [0.05, 0.1) is 13.0 Å². The number of hydrogen-bond acceptors (Lipinski definition) is 10. The number of aliphatic imine (C=N–C) groups is 1. The van der Waals surface area contributed by atoms with Gasteiger partial charge in [-0.05, 0) is 25.3 Å². The van der Waals surface area contributed by atoms with Gasteiger partial charge in [-0.15, -0.1) is 23.1 Å². The van der Waals surface area contributed by atoms with Gasteiger partial charge in [0, 0.05) is 17.6 Å². The van der Waals surface area contributed by atoms with Crippen LogP contribution in [0.4, 0.5) is 0 Å². The third-order valence-electron chi connectivity index (χ3n) is 5.41. The number of carbonyl (C=O) groups is 4. The number of aromatic nitrogens is 1. The Balaban J connectivity index is 1.86. The highest BCUT2D eigenvalue weighted by Gasteiger charge is 2.41. The van der Waals surface area contributed by atoms with Gasteiger partial charge in [0.2, 0.25) is 17.7 Å². The molecule has 0 unspecified atom stereocenters. The predicted molar refractivity (Wildman–Crippen MR) is 131 cm³/mol. The Morgan fingerprint density at radius 3 is 2.89 bits per heavy atom. The molecule has 4 bridgehead atoms. The zero-order valence-electron chi connectivity index (χ0n) is 19.7. The summed E-state index contributed by atoms with van der Waals surface area (Å²) < 4.78 is 5.61. The van der Waals surface area contributed by atoms with Gasteiger partial charge in [-0.2, -0.15) is 0 Å². The minimum absolute atomic E-state index is 0.0238. The average Bonchev–Trinajstić information content (AvgIpc) is 3.45. The molecule has 0 saturated heterocycles. The molecule has 0 radical (unpaired) electrons. The number of cyclic esters (lactones) is 1. The summed E-state index contributed by atoms with van der Waals surface area (Å²) in [6.45, 7) is 5.49. The van der Waals surface area contributed by atoms with Crippen molar-refractivity contribution in [2.24, 2.45) is 10.9 Å². The molecule has 2 aliphatic rings. The van der Waals surface area contributed by atoms with E-state index in [4.69, 9.17) is 9.94 Å². The molecule has 0 aliphatic carbocycles. The smallest absolute Gasteiger partial charge is 0.329 e. The van der Waals surface area contributed by atoms with E-state index in [0.29, 0.717) is 21.5 Å². The molecule has 35 heavy (non-hydrogen) atoms. The molecule has 3 amide bonds. The Kier molecular flexibility index (Phi) is 9.03. The molecule has 1 aromatic heterocycles. The first-order valence-electron chi connectivity index (χ1n) is 11.2. The van der Waals surface area contributed by atoms with Gasteiger partial charge >= 0.3 is 5.97 Å². The van der Waals surface area contributed by atoms with Crippen molar-refractivity contribution in [1.29, 1.82) is 0 Å². The van der Waals surface area contributed by atoms with E-state index in [9.17, 15) is 19.2 Å². The number of fused-ring (bicyclic) bond motifs is 4. The molecule has 0 aromatic carbocycles. The molecule has 11 nitrogen and oxygen atoms in total. The Labute approximate surface area is 211 Å². The van der Waals surface area contributed by atoms with Crippen molar-refractivity contribution in [3.8, 4) is 0 Å². The number of allylic oxidation sites excluding steroid dienone is 1. The van der Waals surface area contributed by atoms with Gasteiger partial charge in [-0.25, -0.2) is 15.3 Å². The van der Waals surface area contributed by atoms with E-state index in [0.717, 1.165) is 0 Å². The van der Waals surface area contributed by atoms with Crippen LogP contribution in [0.15, 0.2) is 22.5 Å². The maximum absolute atomic E-state index is 13.2. The maximum Gasteiger partial charge on any atom is 0.329 e. The fourth-order valence-electron chi connectivity index (χ4n) is 3.35. The van der Waals surface area contributed by atoms with Gasteiger partial charge < -0.3 is 15.4 Å². The van der Waals surface area contributed by atoms with Gasteiger partial charge in [-0.3, -0.25) is 24.6 Å². The number of carbonyl (C=O) groups excluding carboxylic acids is 4. The minimum Gasteiger partial charge on any atom is -0.456 e. The fraction of sp³-hybridized carbons (Fsp3) is 0.545. The molecule has 0 spiro atoms. The highest BCUT2D eigenvalue weighted by molar-refractivity contribution is 8.14. The van der Waals surface area contributed by atoms with Crippen molar-refractivity contribution in [2.75, 3.05) is 5.75 Å². The molecule has 190 valence electrons. The van der Waals surface area contributed by atoms with Gasteiger partial charge in [0.15, 0.2) is 0 Å². The number of nitrogens with one attached hydrogen (secondary N) is 3. The number of rotatable bonds is 5. The molecule has 3 atom stereocenters. The van der Waals surface area contributed by atoms with Crippen LogP contribution in [-0.4, -0.2) is 62.4 Å². The normalized spacial score (nSPS) is 25.7. The Hall–Kier alpha value is -2.77. The highest BCUT2D eigenvalue weighted by Crippen LogP contribution is 2.32. The quantitative estimate of drug-likeness (QED) is 0.195. The van der Waals surface area contributed by atoms with E-state index in [1.165, 1.54) is 29.2 Å². The molecule has 0 fully saturated rings. The second-order valence-electron chi connectivity index (χ2n) is 8.76. The molecular weight excluding hydrogens is 494 g/mol. The van der Waals surface area contributed by atoms with Crippen LogP contribution < -0.4 is 16.1 Å². The van der Waals surface area contributed by atoms with E-state index >= 15 is 0 Å². The van der Waals surface area contributed by atoms with Crippen LogP contribution in [0.25, 0.3) is 0 Å². The molecule has 0 saturated carbocycles. The van der Waals surface area contributed by atoms with E-state index in [-0.39, 0.29) is 37.6 Å². The lowest BCUT2D eigenvalue weighted by molar-refractivity contribution is -0.153. The number of thiazole rings is 1. The number of amides is 3. The monoisotopic (exact) mass is 523 g/mol. The summed E-state index contributed by atoms with van der Waals surface area (Å²) in [5.74, 6) is -1.84. The van der Waals surface area contributed by atoms with Crippen LogP contribution >= 0.6 is 23.1 Å². The van der Waals surface area contributed by atoms with Crippen LogP contribution in [-0.2, 0) is 30.5 Å². The molecule has 3 rings (SSSR count). The first-order valence-corrected chi connectivity index (χ1v) is 13.0. The molecule has 4 N–H and O–H groups in total. The molecule has 1 aromatic rings. The topological polar surface area (TPSA) is 159 Å². The minimum atomic E-state index is -1.06. The Bertz CT molecular complexity index is 1040. The highest BCUT2D eigenvalue weighted by atomic mass is 32.2. The molecular formula is C22H29N5O6S2. The van der Waals surface area contributed by atoms with E-state index in [1.807, 2.05) is 5.38 Å². The molecule has 2 aliphatic heterocycles. The van der Waals surface area contributed by atoms with Crippen LogP contribution in [0.5, 0.6) is 0 Å². The summed E-state index contributed by atoms with van der Waals surface area (Å²) in [6.07, 6.45) is 2.35. The summed E-state index contributed by atoms with van der Waals surface area (Å²) in [7, 11) is 0. The Morgan fingerprint density at radius 2 is 2.17 bits per heavy atom. The first kappa shape index (κ1) is 26.8. The second kappa shape index (κ2) is 11.8. The van der Waals surface area contributed by atoms with Crippen molar-refractivity contribution in [3.63, 3.8) is 0 Å². The summed E-state index contributed by atoms with van der Waals surface area (Å²) >= 11 is 2.80. The number of nitrogens with zero attached hydrogens (tertiary/aromatic N) is 2. The van der Waals surface area contributed by atoms with Crippen molar-refractivity contribution in [2.45, 2.75) is 64.3 Å². The van der Waals surface area contributed by atoms with Gasteiger partial charge in [-0.1, -0.05) is 19.9 Å². The summed E-state index contributed by atoms with van der Waals surface area (Å²) in [6, 6.07) is -0.943. The SMILES string of the molecule is CC(C)[C@@H]1NC(=O)[C@]2(C)CSC(=N2)c2csc(n2)CNC(=O)C[C@@H](/C=C/CCC(=O)NO)OC1=O. The van der Waals surface area contributed by atoms with Crippen LogP contribution in [0, 0.1) is 5.92 Å². The molecule has 3 heterocycles. The van der Waals surface area contributed by atoms with Crippen LogP contribution in [0.3, 0.4) is 0 Å². The third-order valence-corrected chi connectivity index (χ3v) is 7.54. The lowest BCUT2D eigenvalue weighted by Crippen LogP contribution is -2.53. The fourth-order valence-corrected chi connectivity index (χ4v) is 5.27. The van der Waals surface area contributed by atoms with Crippen molar-refractivity contribution in [1.82, 2.24) is 21.1 Å². The summed E-state index contributed by atoms with van der Waals surface area (Å²) in [4.78, 5) is 59.1. The van der Waals surface area contributed by atoms with Crippen molar-refractivity contribution in [3.05, 3.63) is 28.2 Å². The molecule has 13 heteroatoms. The number of hydroxylamine groups is 1. The zero-order chi connectivity index (χ0) is 25.6. The third kappa shape index (κ3) is 7.12. The number of esters is 1. The second-order valence-corrected chi connectivity index (χ2v) is 10.7. The summed E-state index contributed by atoms with van der Waals surface area (Å²) in [5, 5.41) is 17.3. The first-order chi connectivity index (χ1) is 16.6. The standard InChI is InChI=1S/C22H29N5O6S2/c1-12(2)18-20(30)33-13(6-4-5-7-15(28)27-32)8-16(29)23-9-17-24-14(10-34-17)19-26-22(3,11-35-19)21(31)25-18/h4,6,10,12-13,18,32H,5,7-9,11H2,1-3H3,(H,23,29)(H,25,31)(H,27,28)/b6-4+/t13-,18+,22+/m1/s1. The average molecular weight is 524 g/mol. The Morgan fingerprint density at radius 1 is 1.40 bits per heavy atom. The van der Waals surface area contributed by atoms with E-state index in [1.54, 1.807) is 32.3 Å². The number of hydrogen-bond donors (Lipinski definition) is 4. The van der Waals surface area contributed by atoms with E-state index in [2.05, 4.69) is 20.6 Å². The summed E-state index contributed by atoms with van der Waals surface area (Å²) in [5.41, 5.74) is 1.14. The van der Waals surface area contributed by atoms with Crippen LogP contribution in [0.2, 0.25) is 0 Å². The van der Waals surface area contributed by atoms with Crippen LogP contribution in [0.1, 0.15) is 50.7 Å². The van der Waals surface area contributed by atoms with Crippen molar-refractivity contribution < 1.29 is 29.1 Å². The van der Waals surface area contributed by atoms with Gasteiger partial charge in [0.25, 0.3) is 0 Å². The lowest BCUT2D eigenvalue weighted by Gasteiger charge is -2.27. The number of thioether (sulfide) groups is 1. The maximum atomic E-state index is 13.2. The zero-order valence-corrected chi connectivity index (χ0v) is 21.3. The largest absolute Gasteiger partial charge is 0.456 e. The van der Waals surface area contributed by atoms with Crippen molar-refractivity contribution >= 4 is 51.8 Å². The predicted octanol–water partition coefficient (Wildman–Crippen LogP) is 1.31. The lowest BCUT2D eigenvalue weighted by atomic mass is 10.0. The number of ether oxygens (including phenoxy) is 1.